The average molecular weight is 812 g/mol. The lowest BCUT2D eigenvalue weighted by atomic mass is 10.1. The summed E-state index contributed by atoms with van der Waals surface area (Å²) < 4.78 is 76.9. The maximum Gasteiger partial charge on any atom is 0.337 e. The lowest BCUT2D eigenvalue weighted by Gasteiger charge is -2.39. The Morgan fingerprint density at radius 1 is 0.836 bits per heavy atom. The molecule has 14 nitrogen and oxygen atoms in total. The van der Waals surface area contributed by atoms with Crippen molar-refractivity contribution >= 4 is 55.0 Å². The van der Waals surface area contributed by atoms with Crippen LogP contribution in [0.15, 0.2) is 102 Å². The number of nitrogens with zero attached hydrogens (tertiary/aromatic N) is 3. The Labute approximate surface area is 321 Å². The molecule has 4 aromatic carbocycles. The van der Waals surface area contributed by atoms with Crippen LogP contribution in [0.5, 0.6) is 5.75 Å². The first kappa shape index (κ1) is 39.2. The van der Waals surface area contributed by atoms with E-state index in [1.165, 1.54) is 65.5 Å². The SMILES string of the molecule is O=C(O)c1cc(CN2CC(Oc3ccc(NS(=O)(=O)c4cnn(-c5ccc(F)cc5)c4)c(C(=O)O)c3)C2)ccc1NS(=O)(=O)CCCCc1ccc(Cl)cc1. The highest BCUT2D eigenvalue weighted by molar-refractivity contribution is 7.93. The number of anilines is 2. The maximum absolute atomic E-state index is 13.3. The molecule has 5 aromatic rings. The fraction of sp³-hybridized carbons (Fsp3) is 0.216. The quantitative estimate of drug-likeness (QED) is 0.0818. The maximum atomic E-state index is 13.3. The number of hydrogen-bond acceptors (Lipinski definition) is 9. The van der Waals surface area contributed by atoms with E-state index in [4.69, 9.17) is 16.3 Å². The van der Waals surface area contributed by atoms with E-state index in [9.17, 15) is 41.0 Å². The molecule has 0 radical (unpaired) electrons. The molecule has 0 unspecified atom stereocenters. The van der Waals surface area contributed by atoms with Gasteiger partial charge in [0, 0.05) is 24.7 Å². The lowest BCUT2D eigenvalue weighted by Crippen LogP contribution is -2.53. The van der Waals surface area contributed by atoms with Gasteiger partial charge in [0.15, 0.2) is 0 Å². The Bertz CT molecular complexity index is 2420. The number of carboxylic acids is 2. The fourth-order valence-corrected chi connectivity index (χ4v) is 8.20. The molecule has 0 spiro atoms. The summed E-state index contributed by atoms with van der Waals surface area (Å²) in [5, 5.41) is 24.3. The number of sulfonamides is 2. The molecular weight excluding hydrogens is 777 g/mol. The fourth-order valence-electron chi connectivity index (χ4n) is 5.87. The second-order valence-electron chi connectivity index (χ2n) is 12.8. The standard InChI is InChI=1S/C37H35ClFN5O9S2/c38-26-7-4-24(5-8-26)3-1-2-16-54(49,50)41-34-14-6-25(17-32(34)36(45)46)20-43-21-30(22-43)53-29-13-15-35(33(18-29)37(47)48)42-55(51,52)31-19-40-44(23-31)28-11-9-27(39)10-12-28/h4-15,17-19,23,30,41-42H,1-3,16,20-22H2,(H,45,46)(H,47,48). The Morgan fingerprint density at radius 2 is 1.47 bits per heavy atom. The molecule has 0 atom stereocenters. The van der Waals surface area contributed by atoms with Crippen molar-refractivity contribution in [2.24, 2.45) is 0 Å². The number of hydrogen-bond donors (Lipinski definition) is 4. The van der Waals surface area contributed by atoms with Gasteiger partial charge >= 0.3 is 11.9 Å². The zero-order valence-corrected chi connectivity index (χ0v) is 31.3. The van der Waals surface area contributed by atoms with Crippen LogP contribution in [-0.2, 0) is 33.0 Å². The van der Waals surface area contributed by atoms with Crippen LogP contribution in [0.2, 0.25) is 5.02 Å². The van der Waals surface area contributed by atoms with Crippen molar-refractivity contribution in [2.45, 2.75) is 36.8 Å². The van der Waals surface area contributed by atoms with Gasteiger partial charge < -0.3 is 14.9 Å². The summed E-state index contributed by atoms with van der Waals surface area (Å²) >= 11 is 5.91. The summed E-state index contributed by atoms with van der Waals surface area (Å²) in [7, 11) is -8.06. The highest BCUT2D eigenvalue weighted by Gasteiger charge is 2.30. The largest absolute Gasteiger partial charge is 0.488 e. The predicted molar refractivity (Wildman–Crippen MR) is 203 cm³/mol. The molecule has 1 aromatic heterocycles. The van der Waals surface area contributed by atoms with Crippen molar-refractivity contribution in [3.63, 3.8) is 0 Å². The number of carboxylic acid groups (broad SMARTS) is 2. The second kappa shape index (κ2) is 16.5. The molecule has 4 N–H and O–H groups in total. The van der Waals surface area contributed by atoms with Crippen molar-refractivity contribution in [1.82, 2.24) is 14.7 Å². The summed E-state index contributed by atoms with van der Waals surface area (Å²) in [4.78, 5) is 25.9. The Morgan fingerprint density at radius 3 is 2.16 bits per heavy atom. The van der Waals surface area contributed by atoms with Gasteiger partial charge in [-0.15, -0.1) is 0 Å². The molecule has 0 bridgehead atoms. The molecule has 0 amide bonds. The molecule has 6 rings (SSSR count). The highest BCUT2D eigenvalue weighted by Crippen LogP contribution is 2.28. The minimum Gasteiger partial charge on any atom is -0.488 e. The van der Waals surface area contributed by atoms with E-state index in [0.717, 1.165) is 11.8 Å². The lowest BCUT2D eigenvalue weighted by molar-refractivity contribution is 0.0144. The number of rotatable bonds is 17. The third-order valence-electron chi connectivity index (χ3n) is 8.68. The number of aromatic nitrogens is 2. The van der Waals surface area contributed by atoms with Crippen LogP contribution in [0.4, 0.5) is 15.8 Å². The molecule has 1 aliphatic rings. The minimum atomic E-state index is -4.26. The number of aryl methyl sites for hydroxylation is 1. The number of likely N-dealkylation sites (tertiary alicyclic amines) is 1. The van der Waals surface area contributed by atoms with Crippen LogP contribution < -0.4 is 14.2 Å². The number of unbranched alkanes of at least 4 members (excludes halogenated alkanes) is 1. The van der Waals surface area contributed by atoms with Gasteiger partial charge in [-0.3, -0.25) is 14.3 Å². The molecule has 1 fully saturated rings. The summed E-state index contributed by atoms with van der Waals surface area (Å²) in [6, 6.07) is 21.0. The van der Waals surface area contributed by atoms with Crippen molar-refractivity contribution in [2.75, 3.05) is 28.3 Å². The van der Waals surface area contributed by atoms with Gasteiger partial charge in [0.2, 0.25) is 10.0 Å². The first-order valence-corrected chi connectivity index (χ1v) is 20.4. The number of nitrogens with one attached hydrogen (secondary N) is 2. The van der Waals surface area contributed by atoms with Gasteiger partial charge in [0.25, 0.3) is 10.0 Å². The number of benzene rings is 4. The van der Waals surface area contributed by atoms with Crippen molar-refractivity contribution in [1.29, 1.82) is 0 Å². The van der Waals surface area contributed by atoms with E-state index in [-0.39, 0.29) is 45.0 Å². The number of halogens is 2. The number of carbonyl (C=O) groups is 2. The van der Waals surface area contributed by atoms with E-state index >= 15 is 0 Å². The van der Waals surface area contributed by atoms with Crippen molar-refractivity contribution in [3.05, 3.63) is 130 Å². The zero-order valence-electron chi connectivity index (χ0n) is 28.9. The van der Waals surface area contributed by atoms with E-state index in [0.29, 0.717) is 55.2 Å². The van der Waals surface area contributed by atoms with Crippen molar-refractivity contribution < 1.29 is 45.8 Å². The van der Waals surface area contributed by atoms with Crippen LogP contribution in [0.1, 0.15) is 44.7 Å². The van der Waals surface area contributed by atoms with Gasteiger partial charge in [-0.2, -0.15) is 5.10 Å². The van der Waals surface area contributed by atoms with Crippen LogP contribution in [-0.4, -0.2) is 78.6 Å². The monoisotopic (exact) mass is 811 g/mol. The van der Waals surface area contributed by atoms with Gasteiger partial charge in [-0.25, -0.2) is 35.5 Å². The van der Waals surface area contributed by atoms with Gasteiger partial charge in [0.1, 0.15) is 22.6 Å². The topological polar surface area (TPSA) is 197 Å². The third kappa shape index (κ3) is 10.2. The molecule has 0 saturated carbocycles. The molecule has 288 valence electrons. The second-order valence-corrected chi connectivity index (χ2v) is 16.8. The van der Waals surface area contributed by atoms with Crippen LogP contribution in [0, 0.1) is 5.82 Å². The Kier molecular flexibility index (Phi) is 11.7. The third-order valence-corrected chi connectivity index (χ3v) is 11.6. The molecule has 55 heavy (non-hydrogen) atoms. The van der Waals surface area contributed by atoms with Crippen LogP contribution in [0.3, 0.4) is 0 Å². The number of ether oxygens (including phenoxy) is 1. The van der Waals surface area contributed by atoms with Crippen LogP contribution >= 0.6 is 11.6 Å². The smallest absolute Gasteiger partial charge is 0.337 e. The summed E-state index contributed by atoms with van der Waals surface area (Å²) in [6.45, 7) is 1.18. The summed E-state index contributed by atoms with van der Waals surface area (Å²) in [6.07, 6.45) is 3.63. The van der Waals surface area contributed by atoms with Gasteiger partial charge in [0.05, 0.1) is 46.3 Å². The summed E-state index contributed by atoms with van der Waals surface area (Å²) in [5.74, 6) is -3.12. The molecular formula is C37H35ClFN5O9S2. The molecule has 1 saturated heterocycles. The Balaban J connectivity index is 1.01. The van der Waals surface area contributed by atoms with Gasteiger partial charge in [-0.05, 0) is 97.1 Å². The normalized spacial score (nSPS) is 13.6. The highest BCUT2D eigenvalue weighted by atomic mass is 35.5. The first-order chi connectivity index (χ1) is 26.1. The molecule has 1 aliphatic heterocycles. The predicted octanol–water partition coefficient (Wildman–Crippen LogP) is 5.89. The average Bonchev–Trinajstić information content (AvgIpc) is 3.63. The molecule has 0 aliphatic carbocycles. The number of aromatic carboxylic acids is 2. The van der Waals surface area contributed by atoms with E-state index in [1.54, 1.807) is 18.2 Å². The van der Waals surface area contributed by atoms with E-state index < -0.39 is 37.8 Å². The van der Waals surface area contributed by atoms with Crippen LogP contribution in [0.25, 0.3) is 5.69 Å². The minimum absolute atomic E-state index is 0.0289. The Hall–Kier alpha value is -5.49. The van der Waals surface area contributed by atoms with E-state index in [2.05, 4.69) is 14.5 Å². The van der Waals surface area contributed by atoms with Gasteiger partial charge in [-0.1, -0.05) is 29.8 Å². The first-order valence-electron chi connectivity index (χ1n) is 16.8. The molecule has 2 heterocycles. The van der Waals surface area contributed by atoms with E-state index in [1.807, 2.05) is 17.0 Å². The van der Waals surface area contributed by atoms with Crippen molar-refractivity contribution in [3.8, 4) is 11.4 Å². The summed E-state index contributed by atoms with van der Waals surface area (Å²) in [5.41, 5.74) is 1.33. The molecule has 18 heteroatoms. The zero-order chi connectivity index (χ0) is 39.3.